The summed E-state index contributed by atoms with van der Waals surface area (Å²) in [5.41, 5.74) is 2.18. The molecule has 1 N–H and O–H groups in total. The normalized spacial score (nSPS) is 24.5. The summed E-state index contributed by atoms with van der Waals surface area (Å²) in [4.78, 5) is 0. The molecule has 1 aliphatic rings. The van der Waals surface area contributed by atoms with Crippen molar-refractivity contribution < 1.29 is 0 Å². The summed E-state index contributed by atoms with van der Waals surface area (Å²) in [5, 5.41) is 8.78. The number of rotatable bonds is 4. The molecule has 1 aliphatic carbocycles. The first kappa shape index (κ1) is 12.9. The van der Waals surface area contributed by atoms with E-state index in [1.165, 1.54) is 25.0 Å². The van der Waals surface area contributed by atoms with E-state index in [4.69, 9.17) is 11.6 Å². The van der Waals surface area contributed by atoms with Gasteiger partial charge in [0.05, 0.1) is 16.4 Å². The monoisotopic (exact) mass is 255 g/mol. The zero-order valence-electron chi connectivity index (χ0n) is 11.0. The second-order valence-corrected chi connectivity index (χ2v) is 5.33. The Hall–Kier alpha value is -0.540. The minimum Gasteiger partial charge on any atom is -0.317 e. The van der Waals surface area contributed by atoms with Gasteiger partial charge in [0, 0.05) is 12.6 Å². The van der Waals surface area contributed by atoms with Crippen molar-refractivity contribution in [3.63, 3.8) is 0 Å². The van der Waals surface area contributed by atoms with Gasteiger partial charge in [-0.2, -0.15) is 5.10 Å². The van der Waals surface area contributed by atoms with Crippen molar-refractivity contribution in [2.24, 2.45) is 5.92 Å². The molecule has 0 radical (unpaired) electrons. The van der Waals surface area contributed by atoms with Crippen molar-refractivity contribution in [1.29, 1.82) is 0 Å². The largest absolute Gasteiger partial charge is 0.317 e. The molecule has 2 unspecified atom stereocenters. The van der Waals surface area contributed by atoms with Crippen molar-refractivity contribution >= 4 is 11.6 Å². The molecule has 4 heteroatoms. The van der Waals surface area contributed by atoms with Crippen LogP contribution in [0.1, 0.15) is 37.6 Å². The molecular weight excluding hydrogens is 234 g/mol. The maximum Gasteiger partial charge on any atom is 0.0847 e. The molecule has 2 atom stereocenters. The Kier molecular flexibility index (Phi) is 4.10. The number of aryl methyl sites for hydroxylation is 2. The Morgan fingerprint density at radius 3 is 2.88 bits per heavy atom. The molecule has 0 bridgehead atoms. The van der Waals surface area contributed by atoms with E-state index in [9.17, 15) is 0 Å². The van der Waals surface area contributed by atoms with Gasteiger partial charge in [0.25, 0.3) is 0 Å². The second kappa shape index (κ2) is 5.40. The van der Waals surface area contributed by atoms with E-state index in [-0.39, 0.29) is 0 Å². The number of nitrogens with zero attached hydrogens (tertiary/aromatic N) is 2. The highest BCUT2D eigenvalue weighted by molar-refractivity contribution is 6.31. The molecule has 2 rings (SSSR count). The Labute approximate surface area is 109 Å². The van der Waals surface area contributed by atoms with E-state index < -0.39 is 0 Å². The lowest BCUT2D eigenvalue weighted by molar-refractivity contribution is 0.411. The van der Waals surface area contributed by atoms with Crippen LogP contribution in [0.3, 0.4) is 0 Å². The molecule has 1 heterocycles. The van der Waals surface area contributed by atoms with E-state index in [1.54, 1.807) is 0 Å². The van der Waals surface area contributed by atoms with E-state index in [0.717, 1.165) is 23.7 Å². The molecule has 0 spiro atoms. The third kappa shape index (κ3) is 2.50. The maximum absolute atomic E-state index is 6.36. The summed E-state index contributed by atoms with van der Waals surface area (Å²) in [5.74, 6) is 0.707. The number of aromatic nitrogens is 2. The quantitative estimate of drug-likeness (QED) is 0.897. The zero-order valence-corrected chi connectivity index (χ0v) is 11.7. The zero-order chi connectivity index (χ0) is 12.4. The molecule has 17 heavy (non-hydrogen) atoms. The highest BCUT2D eigenvalue weighted by atomic mass is 35.5. The molecule has 1 aromatic rings. The molecule has 0 aromatic carbocycles. The lowest BCUT2D eigenvalue weighted by Crippen LogP contribution is -2.30. The molecule has 1 aromatic heterocycles. The van der Waals surface area contributed by atoms with Crippen LogP contribution in [0.4, 0.5) is 0 Å². The Balaban J connectivity index is 2.17. The van der Waals surface area contributed by atoms with E-state index >= 15 is 0 Å². The van der Waals surface area contributed by atoms with Gasteiger partial charge in [0.1, 0.15) is 0 Å². The van der Waals surface area contributed by atoms with Gasteiger partial charge in [0.15, 0.2) is 0 Å². The van der Waals surface area contributed by atoms with Gasteiger partial charge in [-0.3, -0.25) is 4.68 Å². The van der Waals surface area contributed by atoms with Crippen LogP contribution >= 0.6 is 11.6 Å². The van der Waals surface area contributed by atoms with Crippen LogP contribution in [0.25, 0.3) is 0 Å². The van der Waals surface area contributed by atoms with Crippen LogP contribution in [0.2, 0.25) is 5.02 Å². The second-order valence-electron chi connectivity index (χ2n) is 4.95. The van der Waals surface area contributed by atoms with E-state index in [2.05, 4.69) is 29.1 Å². The Morgan fingerprint density at radius 1 is 1.47 bits per heavy atom. The average molecular weight is 256 g/mol. The molecule has 0 amide bonds. The van der Waals surface area contributed by atoms with Crippen molar-refractivity contribution in [2.75, 3.05) is 7.05 Å². The Bertz CT molecular complexity index is 386. The Morgan fingerprint density at radius 2 is 2.24 bits per heavy atom. The highest BCUT2D eigenvalue weighted by Gasteiger charge is 2.28. The molecule has 0 aliphatic heterocycles. The van der Waals surface area contributed by atoms with Crippen molar-refractivity contribution in [2.45, 2.75) is 52.1 Å². The number of hydrogen-bond acceptors (Lipinski definition) is 2. The summed E-state index contributed by atoms with van der Waals surface area (Å²) in [6, 6.07) is 0.645. The third-order valence-corrected chi connectivity index (χ3v) is 4.43. The predicted molar refractivity (Wildman–Crippen MR) is 71.5 cm³/mol. The maximum atomic E-state index is 6.36. The van der Waals surface area contributed by atoms with Gasteiger partial charge in [-0.1, -0.05) is 18.0 Å². The predicted octanol–water partition coefficient (Wildman–Crippen LogP) is 2.80. The standard InChI is InChI=1S/C13H22ClN3/c1-4-17-12(13(14)9(2)16-17)8-10-6-5-7-11(10)15-3/h10-11,15H,4-8H2,1-3H3. The van der Waals surface area contributed by atoms with Gasteiger partial charge in [0.2, 0.25) is 0 Å². The molecule has 96 valence electrons. The van der Waals surface area contributed by atoms with Crippen LogP contribution < -0.4 is 5.32 Å². The third-order valence-electron chi connectivity index (χ3n) is 3.94. The SMILES string of the molecule is CCn1nc(C)c(Cl)c1CC1CCCC1NC. The van der Waals surface area contributed by atoms with Crippen LogP contribution in [0.15, 0.2) is 0 Å². The van der Waals surface area contributed by atoms with Gasteiger partial charge < -0.3 is 5.32 Å². The summed E-state index contributed by atoms with van der Waals surface area (Å²) in [6.45, 7) is 5.01. The summed E-state index contributed by atoms with van der Waals surface area (Å²) in [7, 11) is 2.06. The average Bonchev–Trinajstić information content (AvgIpc) is 2.88. The fraction of sp³-hybridized carbons (Fsp3) is 0.769. The van der Waals surface area contributed by atoms with Crippen LogP contribution in [-0.4, -0.2) is 22.9 Å². The lowest BCUT2D eigenvalue weighted by Gasteiger charge is -2.19. The van der Waals surface area contributed by atoms with E-state index in [1.807, 2.05) is 6.92 Å². The lowest BCUT2D eigenvalue weighted by atomic mass is 9.97. The van der Waals surface area contributed by atoms with Crippen LogP contribution in [0.5, 0.6) is 0 Å². The van der Waals surface area contributed by atoms with Gasteiger partial charge >= 0.3 is 0 Å². The highest BCUT2D eigenvalue weighted by Crippen LogP contribution is 2.31. The molecule has 3 nitrogen and oxygen atoms in total. The smallest absolute Gasteiger partial charge is 0.0847 e. The summed E-state index contributed by atoms with van der Waals surface area (Å²) in [6.07, 6.45) is 4.97. The molecule has 0 saturated heterocycles. The van der Waals surface area contributed by atoms with Gasteiger partial charge in [-0.15, -0.1) is 0 Å². The topological polar surface area (TPSA) is 29.9 Å². The first-order valence-electron chi connectivity index (χ1n) is 6.56. The minimum atomic E-state index is 0.645. The molecule has 1 saturated carbocycles. The summed E-state index contributed by atoms with van der Waals surface area (Å²) >= 11 is 6.36. The van der Waals surface area contributed by atoms with Gasteiger partial charge in [-0.25, -0.2) is 0 Å². The first-order valence-corrected chi connectivity index (χ1v) is 6.94. The van der Waals surface area contributed by atoms with Crippen molar-refractivity contribution in [3.05, 3.63) is 16.4 Å². The van der Waals surface area contributed by atoms with E-state index in [0.29, 0.717) is 12.0 Å². The fourth-order valence-corrected chi connectivity index (χ4v) is 3.19. The van der Waals surface area contributed by atoms with Crippen molar-refractivity contribution in [1.82, 2.24) is 15.1 Å². The molecule has 1 fully saturated rings. The van der Waals surface area contributed by atoms with Crippen LogP contribution in [0, 0.1) is 12.8 Å². The fourth-order valence-electron chi connectivity index (χ4n) is 2.97. The number of hydrogen-bond donors (Lipinski definition) is 1. The summed E-state index contributed by atoms with van der Waals surface area (Å²) < 4.78 is 2.06. The first-order chi connectivity index (χ1) is 8.17. The van der Waals surface area contributed by atoms with Gasteiger partial charge in [-0.05, 0) is 46.1 Å². The number of nitrogens with one attached hydrogen (secondary N) is 1. The molecular formula is C13H22ClN3. The minimum absolute atomic E-state index is 0.645. The van der Waals surface area contributed by atoms with Crippen LogP contribution in [-0.2, 0) is 13.0 Å². The number of halogens is 1. The van der Waals surface area contributed by atoms with Crippen molar-refractivity contribution in [3.8, 4) is 0 Å².